The van der Waals surface area contributed by atoms with E-state index in [1.54, 1.807) is 6.20 Å². The number of hydrogen-bond acceptors (Lipinski definition) is 4. The molecule has 0 radical (unpaired) electrons. The molecule has 2 aliphatic heterocycles. The van der Waals surface area contributed by atoms with Crippen LogP contribution in [0.4, 0.5) is 8.78 Å². The van der Waals surface area contributed by atoms with Crippen LogP contribution in [0.5, 0.6) is 0 Å². The molecule has 0 spiro atoms. The molecule has 0 aliphatic carbocycles. The van der Waals surface area contributed by atoms with Gasteiger partial charge >= 0.3 is 0 Å². The molecule has 1 amide bonds. The van der Waals surface area contributed by atoms with Gasteiger partial charge in [0.2, 0.25) is 5.91 Å². The predicted octanol–water partition coefficient (Wildman–Crippen LogP) is 3.26. The van der Waals surface area contributed by atoms with Crippen LogP contribution >= 0.6 is 0 Å². The van der Waals surface area contributed by atoms with E-state index in [2.05, 4.69) is 26.6 Å². The Morgan fingerprint density at radius 2 is 2.03 bits per heavy atom. The van der Waals surface area contributed by atoms with Gasteiger partial charge in [-0.1, -0.05) is 6.07 Å². The first kappa shape index (κ1) is 21.8. The number of nitrogens with zero attached hydrogens (tertiary/aromatic N) is 2. The Hall–Kier alpha value is -2.38. The third kappa shape index (κ3) is 6.31. The second-order valence-electron chi connectivity index (χ2n) is 8.88. The Balaban J connectivity index is 1.20. The first-order valence-electron chi connectivity index (χ1n) is 11.1. The summed E-state index contributed by atoms with van der Waals surface area (Å²) in [5.74, 6) is -0.0590. The van der Waals surface area contributed by atoms with Gasteiger partial charge in [-0.05, 0) is 67.0 Å². The topological polar surface area (TPSA) is 57.3 Å². The van der Waals surface area contributed by atoms with E-state index in [1.807, 2.05) is 12.3 Å². The fourth-order valence-electron chi connectivity index (χ4n) is 4.97. The average Bonchev–Trinajstić information content (AvgIpc) is 2.74. The Morgan fingerprint density at radius 1 is 1.19 bits per heavy atom. The number of pyridine rings is 1. The van der Waals surface area contributed by atoms with Crippen molar-refractivity contribution in [3.63, 3.8) is 0 Å². The fourth-order valence-corrected chi connectivity index (χ4v) is 4.97. The highest BCUT2D eigenvalue weighted by Crippen LogP contribution is 2.31. The minimum atomic E-state index is -0.629. The van der Waals surface area contributed by atoms with Gasteiger partial charge in [-0.3, -0.25) is 14.7 Å². The number of benzene rings is 1. The van der Waals surface area contributed by atoms with E-state index in [4.69, 9.17) is 0 Å². The first-order valence-corrected chi connectivity index (χ1v) is 11.1. The zero-order valence-electron chi connectivity index (χ0n) is 17.7. The highest BCUT2D eigenvalue weighted by atomic mass is 19.1. The van der Waals surface area contributed by atoms with E-state index in [-0.39, 0.29) is 12.5 Å². The average molecular weight is 429 g/mol. The molecule has 2 bridgehead atoms. The molecule has 1 aromatic carbocycles. The van der Waals surface area contributed by atoms with Crippen molar-refractivity contribution < 1.29 is 13.6 Å². The van der Waals surface area contributed by atoms with E-state index < -0.39 is 11.6 Å². The third-order valence-electron chi connectivity index (χ3n) is 6.34. The summed E-state index contributed by atoms with van der Waals surface area (Å²) in [5, 5.41) is 6.46. The molecular formula is C24H30F2N4O. The summed E-state index contributed by atoms with van der Waals surface area (Å²) in [4.78, 5) is 18.9. The SMILES string of the molecule is O=C(CCC[C@H]1NCC2CC1CN(Cc1cccnc1)C2)NCc1cc(F)cc(F)c1. The second kappa shape index (κ2) is 10.3. The van der Waals surface area contributed by atoms with Crippen LogP contribution in [0.25, 0.3) is 0 Å². The molecule has 3 heterocycles. The minimum Gasteiger partial charge on any atom is -0.352 e. The van der Waals surface area contributed by atoms with Crippen LogP contribution in [0.2, 0.25) is 0 Å². The smallest absolute Gasteiger partial charge is 0.220 e. The van der Waals surface area contributed by atoms with Gasteiger partial charge in [-0.25, -0.2) is 8.78 Å². The summed E-state index contributed by atoms with van der Waals surface area (Å²) in [7, 11) is 0. The van der Waals surface area contributed by atoms with Crippen LogP contribution in [0.3, 0.4) is 0 Å². The predicted molar refractivity (Wildman–Crippen MR) is 115 cm³/mol. The molecule has 166 valence electrons. The lowest BCUT2D eigenvalue weighted by molar-refractivity contribution is -0.121. The number of amides is 1. The molecule has 2 fully saturated rings. The van der Waals surface area contributed by atoms with Crippen molar-refractivity contribution >= 4 is 5.91 Å². The fraction of sp³-hybridized carbons (Fsp3) is 0.500. The van der Waals surface area contributed by atoms with Crippen molar-refractivity contribution in [3.05, 3.63) is 65.5 Å². The van der Waals surface area contributed by atoms with Crippen LogP contribution in [0.1, 0.15) is 36.8 Å². The molecule has 2 unspecified atom stereocenters. The monoisotopic (exact) mass is 428 g/mol. The maximum Gasteiger partial charge on any atom is 0.220 e. The molecule has 2 aromatic rings. The van der Waals surface area contributed by atoms with Crippen molar-refractivity contribution in [3.8, 4) is 0 Å². The molecule has 5 nitrogen and oxygen atoms in total. The number of piperidine rings is 2. The van der Waals surface area contributed by atoms with Gasteiger partial charge in [0, 0.05) is 57.1 Å². The Kier molecular flexibility index (Phi) is 7.25. The minimum absolute atomic E-state index is 0.0831. The molecule has 2 N–H and O–H groups in total. The van der Waals surface area contributed by atoms with Gasteiger partial charge in [0.1, 0.15) is 11.6 Å². The van der Waals surface area contributed by atoms with E-state index in [1.165, 1.54) is 24.1 Å². The summed E-state index contributed by atoms with van der Waals surface area (Å²) in [6.07, 6.45) is 7.17. The Morgan fingerprint density at radius 3 is 2.81 bits per heavy atom. The van der Waals surface area contributed by atoms with Gasteiger partial charge in [0.15, 0.2) is 0 Å². The standard InChI is InChI=1S/C24H30F2N4O/c25-21-8-18(9-22(26)10-21)12-29-24(31)5-1-4-23-20-7-19(13-28-23)15-30(16-20)14-17-3-2-6-27-11-17/h2-3,6,8-11,19-20,23,28H,1,4-5,7,12-16H2,(H,29,31)/t19?,20?,23-/m1/s1. The van der Waals surface area contributed by atoms with Gasteiger partial charge in [0.05, 0.1) is 0 Å². The Labute approximate surface area is 182 Å². The zero-order valence-corrected chi connectivity index (χ0v) is 17.7. The number of aromatic nitrogens is 1. The molecule has 2 saturated heterocycles. The largest absolute Gasteiger partial charge is 0.352 e. The molecule has 1 aromatic heterocycles. The summed E-state index contributed by atoms with van der Waals surface area (Å²) < 4.78 is 26.5. The van der Waals surface area contributed by atoms with E-state index >= 15 is 0 Å². The van der Waals surface area contributed by atoms with E-state index in [0.717, 1.165) is 45.1 Å². The highest BCUT2D eigenvalue weighted by Gasteiger charge is 2.36. The molecule has 7 heteroatoms. The van der Waals surface area contributed by atoms with E-state index in [0.29, 0.717) is 29.9 Å². The molecule has 0 saturated carbocycles. The van der Waals surface area contributed by atoms with Crippen molar-refractivity contribution in [2.24, 2.45) is 11.8 Å². The molecule has 4 rings (SSSR count). The number of fused-ring (bicyclic) bond motifs is 2. The molecule has 3 atom stereocenters. The van der Waals surface area contributed by atoms with Crippen LogP contribution in [-0.4, -0.2) is 41.5 Å². The third-order valence-corrected chi connectivity index (χ3v) is 6.34. The van der Waals surface area contributed by atoms with Crippen LogP contribution < -0.4 is 10.6 Å². The highest BCUT2D eigenvalue weighted by molar-refractivity contribution is 5.75. The first-order chi connectivity index (χ1) is 15.0. The van der Waals surface area contributed by atoms with Crippen molar-refractivity contribution in [1.82, 2.24) is 20.5 Å². The molecule has 31 heavy (non-hydrogen) atoms. The zero-order chi connectivity index (χ0) is 21.6. The van der Waals surface area contributed by atoms with Crippen LogP contribution in [0, 0.1) is 23.5 Å². The number of rotatable bonds is 8. The van der Waals surface area contributed by atoms with E-state index in [9.17, 15) is 13.6 Å². The van der Waals surface area contributed by atoms with Gasteiger partial charge in [-0.2, -0.15) is 0 Å². The normalized spacial score (nSPS) is 23.5. The number of carbonyl (C=O) groups excluding carboxylic acids is 1. The summed E-state index contributed by atoms with van der Waals surface area (Å²) in [6.45, 7) is 4.30. The number of nitrogens with one attached hydrogen (secondary N) is 2. The lowest BCUT2D eigenvalue weighted by atomic mass is 9.79. The summed E-state index contributed by atoms with van der Waals surface area (Å²) in [6, 6.07) is 7.86. The van der Waals surface area contributed by atoms with Gasteiger partial charge in [-0.15, -0.1) is 0 Å². The molecular weight excluding hydrogens is 398 g/mol. The summed E-state index contributed by atoms with van der Waals surface area (Å²) in [5.41, 5.74) is 1.68. The maximum atomic E-state index is 13.2. The quantitative estimate of drug-likeness (QED) is 0.678. The Bertz CT molecular complexity index is 859. The second-order valence-corrected chi connectivity index (χ2v) is 8.88. The van der Waals surface area contributed by atoms with Crippen LogP contribution in [0.15, 0.2) is 42.7 Å². The molecule has 2 aliphatic rings. The number of likely N-dealkylation sites (tertiary alicyclic amines) is 1. The van der Waals surface area contributed by atoms with Crippen molar-refractivity contribution in [1.29, 1.82) is 0 Å². The summed E-state index contributed by atoms with van der Waals surface area (Å²) >= 11 is 0. The maximum absolute atomic E-state index is 13.2. The lowest BCUT2D eigenvalue weighted by Gasteiger charge is -2.46. The lowest BCUT2D eigenvalue weighted by Crippen LogP contribution is -2.55. The van der Waals surface area contributed by atoms with Gasteiger partial charge < -0.3 is 10.6 Å². The number of hydrogen-bond donors (Lipinski definition) is 2. The van der Waals surface area contributed by atoms with Gasteiger partial charge in [0.25, 0.3) is 0 Å². The number of halogens is 2. The van der Waals surface area contributed by atoms with Crippen LogP contribution in [-0.2, 0) is 17.9 Å². The van der Waals surface area contributed by atoms with Crippen molar-refractivity contribution in [2.45, 2.75) is 44.8 Å². The van der Waals surface area contributed by atoms with Crippen molar-refractivity contribution in [2.75, 3.05) is 19.6 Å². The number of carbonyl (C=O) groups is 1.